The van der Waals surface area contributed by atoms with Gasteiger partial charge in [-0.2, -0.15) is 0 Å². The fourth-order valence-corrected chi connectivity index (χ4v) is 3.11. The maximum absolute atomic E-state index is 10.3. The second-order valence-electron chi connectivity index (χ2n) is 7.15. The quantitative estimate of drug-likeness (QED) is 0.183. The molecule has 5 nitrogen and oxygen atoms in total. The fourth-order valence-electron chi connectivity index (χ4n) is 2.79. The highest BCUT2D eigenvalue weighted by atomic mass is 32.3. The van der Waals surface area contributed by atoms with Crippen LogP contribution >= 0.6 is 0 Å². The fraction of sp³-hybridized carbons (Fsp3) is 1.00. The molecular weight excluding hydrogens is 314 g/mol. The van der Waals surface area contributed by atoms with Crippen LogP contribution in [-0.4, -0.2) is 51.2 Å². The molecule has 0 rings (SSSR count). The Balaban J connectivity index is 3.44. The lowest BCUT2D eigenvalue weighted by Gasteiger charge is -2.30. The molecular formula is C17H37NO4S. The van der Waals surface area contributed by atoms with E-state index in [1.807, 2.05) is 0 Å². The first kappa shape index (κ1) is 22.8. The summed E-state index contributed by atoms with van der Waals surface area (Å²) in [5, 5.41) is 0. The van der Waals surface area contributed by atoms with Crippen LogP contribution in [0.1, 0.15) is 77.6 Å². The van der Waals surface area contributed by atoms with Gasteiger partial charge in [-0.05, 0) is 12.8 Å². The van der Waals surface area contributed by atoms with Gasteiger partial charge in [0.25, 0.3) is 0 Å². The van der Waals surface area contributed by atoms with Gasteiger partial charge in [0.15, 0.2) is 0 Å². The number of rotatable bonds is 16. The molecule has 0 N–H and O–H groups in total. The first-order valence-corrected chi connectivity index (χ1v) is 10.5. The zero-order valence-corrected chi connectivity index (χ0v) is 16.2. The highest BCUT2D eigenvalue weighted by Gasteiger charge is 2.14. The molecule has 0 unspecified atom stereocenters. The van der Waals surface area contributed by atoms with Gasteiger partial charge in [0.2, 0.25) is 10.4 Å². The molecule has 0 fully saturated rings. The minimum absolute atomic E-state index is 0.00839. The van der Waals surface area contributed by atoms with Gasteiger partial charge < -0.3 is 9.04 Å². The molecule has 0 atom stereocenters. The van der Waals surface area contributed by atoms with E-state index >= 15 is 0 Å². The summed E-state index contributed by atoms with van der Waals surface area (Å²) < 4.78 is 36.1. The van der Waals surface area contributed by atoms with Crippen molar-refractivity contribution in [2.24, 2.45) is 0 Å². The van der Waals surface area contributed by atoms with Gasteiger partial charge in [-0.1, -0.05) is 58.3 Å². The van der Waals surface area contributed by atoms with Crippen LogP contribution in [0.5, 0.6) is 0 Å². The van der Waals surface area contributed by atoms with Crippen LogP contribution in [0.3, 0.4) is 0 Å². The van der Waals surface area contributed by atoms with E-state index in [0.717, 1.165) is 17.6 Å². The minimum atomic E-state index is -4.54. The Bertz CT molecular complexity index is 369. The summed E-state index contributed by atoms with van der Waals surface area (Å²) in [6.45, 7) is 4.15. The zero-order chi connectivity index (χ0) is 17.6. The van der Waals surface area contributed by atoms with E-state index in [1.54, 1.807) is 0 Å². The van der Waals surface area contributed by atoms with E-state index in [4.69, 9.17) is 0 Å². The molecule has 0 aromatic heterocycles. The van der Waals surface area contributed by atoms with Crippen molar-refractivity contribution >= 4 is 10.4 Å². The van der Waals surface area contributed by atoms with Crippen LogP contribution in [0, 0.1) is 0 Å². The molecule has 0 saturated heterocycles. The van der Waals surface area contributed by atoms with E-state index in [2.05, 4.69) is 25.2 Å². The SMILES string of the molecule is CCCCCCCCCCCC[N+](C)(C)CCCOS(=O)(=O)[O-]. The average molecular weight is 352 g/mol. The largest absolute Gasteiger partial charge is 0.726 e. The molecule has 0 aliphatic heterocycles. The lowest BCUT2D eigenvalue weighted by molar-refractivity contribution is -0.890. The van der Waals surface area contributed by atoms with Gasteiger partial charge in [0.05, 0.1) is 33.8 Å². The first-order valence-electron chi connectivity index (χ1n) is 9.19. The second kappa shape index (κ2) is 13.2. The number of hydrogen-bond acceptors (Lipinski definition) is 4. The van der Waals surface area contributed by atoms with Crippen molar-refractivity contribution in [1.82, 2.24) is 0 Å². The molecule has 0 bridgehead atoms. The molecule has 6 heteroatoms. The summed E-state index contributed by atoms with van der Waals surface area (Å²) >= 11 is 0. The van der Waals surface area contributed by atoms with Crippen molar-refractivity contribution in [2.45, 2.75) is 77.6 Å². The highest BCUT2D eigenvalue weighted by molar-refractivity contribution is 7.80. The summed E-state index contributed by atoms with van der Waals surface area (Å²) in [5.41, 5.74) is 0. The maximum atomic E-state index is 10.3. The lowest BCUT2D eigenvalue weighted by atomic mass is 10.1. The van der Waals surface area contributed by atoms with Crippen LogP contribution < -0.4 is 0 Å². The molecule has 0 heterocycles. The summed E-state index contributed by atoms with van der Waals surface area (Å²) in [7, 11) is -0.260. The van der Waals surface area contributed by atoms with Crippen molar-refractivity contribution < 1.29 is 21.6 Å². The van der Waals surface area contributed by atoms with Crippen molar-refractivity contribution in [2.75, 3.05) is 33.8 Å². The van der Waals surface area contributed by atoms with Gasteiger partial charge in [-0.25, -0.2) is 8.42 Å². The van der Waals surface area contributed by atoms with Crippen molar-refractivity contribution in [1.29, 1.82) is 0 Å². The van der Waals surface area contributed by atoms with Gasteiger partial charge in [0, 0.05) is 6.42 Å². The van der Waals surface area contributed by atoms with E-state index in [1.165, 1.54) is 64.2 Å². The third-order valence-electron chi connectivity index (χ3n) is 4.25. The molecule has 0 spiro atoms. The third kappa shape index (κ3) is 18.0. The Morgan fingerprint density at radius 2 is 1.22 bits per heavy atom. The van der Waals surface area contributed by atoms with Crippen LogP contribution in [0.25, 0.3) is 0 Å². The summed E-state index contributed by atoms with van der Waals surface area (Å²) in [6.07, 6.45) is 13.9. The maximum Gasteiger partial charge on any atom is 0.217 e. The van der Waals surface area contributed by atoms with Crippen molar-refractivity contribution in [3.8, 4) is 0 Å². The Morgan fingerprint density at radius 1 is 0.783 bits per heavy atom. The Labute approximate surface area is 143 Å². The molecule has 0 saturated carbocycles. The Hall–Kier alpha value is -0.170. The molecule has 0 radical (unpaired) electrons. The summed E-state index contributed by atoms with van der Waals surface area (Å²) in [6, 6.07) is 0. The zero-order valence-electron chi connectivity index (χ0n) is 15.4. The topological polar surface area (TPSA) is 66.4 Å². The molecule has 0 aromatic carbocycles. The molecule has 0 aliphatic carbocycles. The molecule has 0 aromatic rings. The van der Waals surface area contributed by atoms with Crippen LogP contribution in [0.4, 0.5) is 0 Å². The molecule has 23 heavy (non-hydrogen) atoms. The van der Waals surface area contributed by atoms with Gasteiger partial charge in [0.1, 0.15) is 0 Å². The van der Waals surface area contributed by atoms with E-state index < -0.39 is 10.4 Å². The molecule has 0 amide bonds. The highest BCUT2D eigenvalue weighted by Crippen LogP contribution is 2.12. The number of nitrogens with zero attached hydrogens (tertiary/aromatic N) is 1. The normalized spacial score (nSPS) is 12.7. The van der Waals surface area contributed by atoms with Gasteiger partial charge in [-0.15, -0.1) is 0 Å². The predicted molar refractivity (Wildman–Crippen MR) is 94.0 cm³/mol. The molecule has 140 valence electrons. The second-order valence-corrected chi connectivity index (χ2v) is 8.20. The van der Waals surface area contributed by atoms with Gasteiger partial charge >= 0.3 is 0 Å². The summed E-state index contributed by atoms with van der Waals surface area (Å²) in [5.74, 6) is 0. The van der Waals surface area contributed by atoms with E-state index in [9.17, 15) is 13.0 Å². The van der Waals surface area contributed by atoms with Crippen LogP contribution in [0.15, 0.2) is 0 Å². The van der Waals surface area contributed by atoms with Crippen LogP contribution in [-0.2, 0) is 14.6 Å². The van der Waals surface area contributed by atoms with E-state index in [0.29, 0.717) is 6.42 Å². The third-order valence-corrected chi connectivity index (χ3v) is 4.71. The predicted octanol–water partition coefficient (Wildman–Crippen LogP) is 3.85. The first-order chi connectivity index (χ1) is 10.8. The summed E-state index contributed by atoms with van der Waals surface area (Å²) in [4.78, 5) is 0. The lowest BCUT2D eigenvalue weighted by Crippen LogP contribution is -2.41. The smallest absolute Gasteiger partial charge is 0.217 e. The number of unbranched alkanes of at least 4 members (excludes halogenated alkanes) is 9. The van der Waals surface area contributed by atoms with Crippen molar-refractivity contribution in [3.63, 3.8) is 0 Å². The molecule has 0 aliphatic rings. The average Bonchev–Trinajstić information content (AvgIpc) is 2.45. The van der Waals surface area contributed by atoms with Crippen molar-refractivity contribution in [3.05, 3.63) is 0 Å². The minimum Gasteiger partial charge on any atom is -0.726 e. The Morgan fingerprint density at radius 3 is 1.70 bits per heavy atom. The van der Waals surface area contributed by atoms with E-state index in [-0.39, 0.29) is 6.61 Å². The number of quaternary nitrogens is 1. The standard InChI is InChI=1S/C17H37NO4S/c1-4-5-6-7-8-9-10-11-12-13-15-18(2,3)16-14-17-22-23(19,20)21/h4-17H2,1-3H3. The monoisotopic (exact) mass is 351 g/mol. The van der Waals surface area contributed by atoms with Gasteiger partial charge in [-0.3, -0.25) is 4.18 Å². The number of hydrogen-bond donors (Lipinski definition) is 0. The van der Waals surface area contributed by atoms with Crippen LogP contribution in [0.2, 0.25) is 0 Å². The Kier molecular flexibility index (Phi) is 13.1.